The molecule has 2 aromatic carbocycles. The van der Waals surface area contributed by atoms with Crippen LogP contribution in [0.3, 0.4) is 0 Å². The van der Waals surface area contributed by atoms with Gasteiger partial charge in [-0.05, 0) is 49.7 Å². The molecule has 29 heavy (non-hydrogen) atoms. The lowest BCUT2D eigenvalue weighted by atomic mass is 10.1. The molecule has 8 heteroatoms. The van der Waals surface area contributed by atoms with Gasteiger partial charge in [0, 0.05) is 21.7 Å². The number of thiazole rings is 1. The second-order valence-corrected chi connectivity index (χ2v) is 8.76. The number of hydrogen-bond acceptors (Lipinski definition) is 6. The van der Waals surface area contributed by atoms with Crippen LogP contribution in [0.4, 0.5) is 5.69 Å². The topological polar surface area (TPSA) is 76.9 Å². The quantitative estimate of drug-likeness (QED) is 0.520. The number of fused-ring (bicyclic) bond motifs is 1. The number of carbonyl (C=O) groups is 1. The third kappa shape index (κ3) is 4.38. The molecule has 2 aromatic heterocycles. The lowest BCUT2D eigenvalue weighted by Gasteiger charge is -2.09. The van der Waals surface area contributed by atoms with Gasteiger partial charge in [-0.25, -0.2) is 9.97 Å². The van der Waals surface area contributed by atoms with Gasteiger partial charge >= 0.3 is 0 Å². The number of anilines is 1. The molecule has 6 nitrogen and oxygen atoms in total. The van der Waals surface area contributed by atoms with Crippen molar-refractivity contribution in [3.63, 3.8) is 0 Å². The Bertz CT molecular complexity index is 1250. The molecule has 0 fully saturated rings. The Hall–Kier alpha value is -2.97. The van der Waals surface area contributed by atoms with E-state index in [1.54, 1.807) is 29.2 Å². The monoisotopic (exact) mass is 422 g/mol. The molecule has 0 atom stereocenters. The largest absolute Gasteiger partial charge is 0.325 e. The minimum absolute atomic E-state index is 0.0926. The van der Waals surface area contributed by atoms with Gasteiger partial charge in [0.2, 0.25) is 5.91 Å². The molecule has 0 aliphatic carbocycles. The fraction of sp³-hybridized carbons (Fsp3) is 0.143. The van der Waals surface area contributed by atoms with Crippen LogP contribution in [0.1, 0.15) is 11.3 Å². The molecule has 0 saturated heterocycles. The summed E-state index contributed by atoms with van der Waals surface area (Å²) < 4.78 is 2.31. The summed E-state index contributed by atoms with van der Waals surface area (Å²) in [6, 6.07) is 13.0. The van der Waals surface area contributed by atoms with E-state index in [0.29, 0.717) is 16.6 Å². The van der Waals surface area contributed by atoms with Crippen molar-refractivity contribution in [2.75, 3.05) is 5.32 Å². The highest BCUT2D eigenvalue weighted by atomic mass is 32.2. The Morgan fingerprint density at radius 1 is 1.17 bits per heavy atom. The predicted octanol–water partition coefficient (Wildman–Crippen LogP) is 4.26. The van der Waals surface area contributed by atoms with Crippen LogP contribution in [-0.2, 0) is 11.3 Å². The number of carbonyl (C=O) groups excluding carboxylic acids is 1. The van der Waals surface area contributed by atoms with E-state index < -0.39 is 0 Å². The summed E-state index contributed by atoms with van der Waals surface area (Å²) in [5.41, 5.74) is 3.06. The van der Waals surface area contributed by atoms with E-state index in [2.05, 4.69) is 15.3 Å². The van der Waals surface area contributed by atoms with Crippen molar-refractivity contribution < 1.29 is 4.79 Å². The van der Waals surface area contributed by atoms with Gasteiger partial charge in [0.25, 0.3) is 5.56 Å². The summed E-state index contributed by atoms with van der Waals surface area (Å²) in [4.78, 5) is 34.8. The van der Waals surface area contributed by atoms with Crippen LogP contribution in [0.15, 0.2) is 68.2 Å². The molecule has 0 spiro atoms. The molecule has 1 amide bonds. The van der Waals surface area contributed by atoms with Gasteiger partial charge in [-0.15, -0.1) is 11.3 Å². The average Bonchev–Trinajstić information content (AvgIpc) is 3.11. The normalized spacial score (nSPS) is 11.0. The SMILES string of the molecule is Cc1csc(Sc2ccc(NC(=O)Cn3cnc4c(C)cccc4c3=O)cc2)n1. The van der Waals surface area contributed by atoms with Crippen LogP contribution in [-0.4, -0.2) is 20.4 Å². The second kappa shape index (κ2) is 8.18. The molecule has 0 unspecified atom stereocenters. The van der Waals surface area contributed by atoms with Gasteiger partial charge in [0.15, 0.2) is 4.34 Å². The second-order valence-electron chi connectivity index (χ2n) is 6.58. The van der Waals surface area contributed by atoms with Crippen LogP contribution < -0.4 is 10.9 Å². The van der Waals surface area contributed by atoms with Crippen LogP contribution in [0.25, 0.3) is 10.9 Å². The fourth-order valence-electron chi connectivity index (χ4n) is 2.89. The molecule has 0 aliphatic heterocycles. The van der Waals surface area contributed by atoms with Gasteiger partial charge in [-0.2, -0.15) is 0 Å². The smallest absolute Gasteiger partial charge is 0.261 e. The summed E-state index contributed by atoms with van der Waals surface area (Å²) >= 11 is 3.19. The first kappa shape index (κ1) is 19.4. The lowest BCUT2D eigenvalue weighted by Crippen LogP contribution is -2.28. The number of nitrogens with zero attached hydrogens (tertiary/aromatic N) is 3. The zero-order chi connectivity index (χ0) is 20.4. The van der Waals surface area contributed by atoms with E-state index in [9.17, 15) is 9.59 Å². The van der Waals surface area contributed by atoms with Crippen molar-refractivity contribution in [2.24, 2.45) is 0 Å². The highest BCUT2D eigenvalue weighted by Gasteiger charge is 2.10. The zero-order valence-corrected chi connectivity index (χ0v) is 17.5. The molecular weight excluding hydrogens is 404 g/mol. The third-order valence-electron chi connectivity index (χ3n) is 4.31. The van der Waals surface area contributed by atoms with Crippen molar-refractivity contribution in [1.29, 1.82) is 0 Å². The summed E-state index contributed by atoms with van der Waals surface area (Å²) in [6.45, 7) is 3.78. The van der Waals surface area contributed by atoms with Crippen molar-refractivity contribution in [3.05, 3.63) is 75.8 Å². The van der Waals surface area contributed by atoms with Crippen LogP contribution in [0.5, 0.6) is 0 Å². The maximum atomic E-state index is 12.6. The van der Waals surface area contributed by atoms with Crippen molar-refractivity contribution in [3.8, 4) is 0 Å². The first-order chi connectivity index (χ1) is 14.0. The van der Waals surface area contributed by atoms with Crippen LogP contribution in [0.2, 0.25) is 0 Å². The fourth-order valence-corrected chi connectivity index (χ4v) is 4.70. The number of nitrogens with one attached hydrogen (secondary N) is 1. The Morgan fingerprint density at radius 3 is 2.69 bits per heavy atom. The van der Waals surface area contributed by atoms with E-state index in [1.165, 1.54) is 10.9 Å². The Balaban J connectivity index is 1.44. The molecule has 0 aliphatic rings. The van der Waals surface area contributed by atoms with Crippen molar-refractivity contribution in [1.82, 2.24) is 14.5 Å². The molecule has 0 radical (unpaired) electrons. The van der Waals surface area contributed by atoms with E-state index in [0.717, 1.165) is 20.5 Å². The molecule has 146 valence electrons. The summed E-state index contributed by atoms with van der Waals surface area (Å²) in [5.74, 6) is -0.281. The number of para-hydroxylation sites is 1. The molecule has 2 heterocycles. The first-order valence-electron chi connectivity index (χ1n) is 8.94. The average molecular weight is 423 g/mol. The molecule has 1 N–H and O–H groups in total. The van der Waals surface area contributed by atoms with Gasteiger partial charge < -0.3 is 5.32 Å². The maximum Gasteiger partial charge on any atom is 0.261 e. The van der Waals surface area contributed by atoms with Crippen LogP contribution >= 0.6 is 23.1 Å². The summed E-state index contributed by atoms with van der Waals surface area (Å²) in [5, 5.41) is 5.35. The predicted molar refractivity (Wildman–Crippen MR) is 117 cm³/mol. The number of aromatic nitrogens is 3. The van der Waals surface area contributed by atoms with E-state index in [-0.39, 0.29) is 18.0 Å². The number of rotatable bonds is 5. The molecular formula is C21H18N4O2S2. The Kier molecular flexibility index (Phi) is 5.46. The number of aryl methyl sites for hydroxylation is 2. The highest BCUT2D eigenvalue weighted by molar-refractivity contribution is 8.01. The number of hydrogen-bond donors (Lipinski definition) is 1. The Morgan fingerprint density at radius 2 is 1.97 bits per heavy atom. The highest BCUT2D eigenvalue weighted by Crippen LogP contribution is 2.30. The Labute approximate surface area is 175 Å². The minimum atomic E-state index is -0.281. The van der Waals surface area contributed by atoms with Gasteiger partial charge in [0.1, 0.15) is 6.54 Å². The maximum absolute atomic E-state index is 12.6. The standard InChI is InChI=1S/C21H18N4O2S2/c1-13-4-3-5-17-19(13)22-12-25(20(17)27)10-18(26)24-15-6-8-16(9-7-15)29-21-23-14(2)11-28-21/h3-9,11-12H,10H2,1-2H3,(H,24,26). The van der Waals surface area contributed by atoms with Gasteiger partial charge in [-0.1, -0.05) is 23.9 Å². The molecule has 4 aromatic rings. The summed E-state index contributed by atoms with van der Waals surface area (Å²) in [6.07, 6.45) is 1.42. The van der Waals surface area contributed by atoms with Crippen molar-refractivity contribution in [2.45, 2.75) is 29.6 Å². The van der Waals surface area contributed by atoms with E-state index in [1.807, 2.05) is 55.6 Å². The lowest BCUT2D eigenvalue weighted by molar-refractivity contribution is -0.116. The zero-order valence-electron chi connectivity index (χ0n) is 15.9. The first-order valence-corrected chi connectivity index (χ1v) is 10.6. The van der Waals surface area contributed by atoms with Gasteiger partial charge in [-0.3, -0.25) is 14.2 Å². The minimum Gasteiger partial charge on any atom is -0.325 e. The van der Waals surface area contributed by atoms with Crippen molar-refractivity contribution >= 4 is 45.6 Å². The summed E-state index contributed by atoms with van der Waals surface area (Å²) in [7, 11) is 0. The number of amides is 1. The molecule has 4 rings (SSSR count). The van der Waals surface area contributed by atoms with E-state index >= 15 is 0 Å². The molecule has 0 bridgehead atoms. The van der Waals surface area contributed by atoms with Gasteiger partial charge in [0.05, 0.1) is 17.2 Å². The van der Waals surface area contributed by atoms with E-state index in [4.69, 9.17) is 0 Å². The molecule has 0 saturated carbocycles. The third-order valence-corrected chi connectivity index (χ3v) is 6.37. The number of benzene rings is 2. The van der Waals surface area contributed by atoms with Crippen LogP contribution in [0, 0.1) is 13.8 Å².